The third-order valence-electron chi connectivity index (χ3n) is 7.54. The number of allylic oxidation sites excluding steroid dienone is 1. The third kappa shape index (κ3) is 5.55. The molecule has 3 heterocycles. The van der Waals surface area contributed by atoms with Crippen LogP contribution in [0.5, 0.6) is 11.5 Å². The van der Waals surface area contributed by atoms with E-state index in [2.05, 4.69) is 35.3 Å². The number of aromatic nitrogens is 2. The molecular weight excluding hydrogens is 582 g/mol. The van der Waals surface area contributed by atoms with Gasteiger partial charge >= 0.3 is 11.9 Å². The van der Waals surface area contributed by atoms with Crippen LogP contribution in [0.4, 0.5) is 0 Å². The fraction of sp³-hybridized carbons (Fsp3) is 0.333. The summed E-state index contributed by atoms with van der Waals surface area (Å²) in [5, 5.41) is 1.06. The summed E-state index contributed by atoms with van der Waals surface area (Å²) in [6, 6.07) is 12.4. The number of benzene rings is 2. The SMILES string of the molecule is CCOC(=O)C1=C(C)N=c2s/c(=C/c3c(C)n(CC)c4ccccc34)c(=O)n2[C@H]1c1ccc(OCC(=O)OC)c(OCC)c1. The van der Waals surface area contributed by atoms with Crippen molar-refractivity contribution in [1.29, 1.82) is 0 Å². The zero-order valence-corrected chi connectivity index (χ0v) is 26.4. The van der Waals surface area contributed by atoms with Gasteiger partial charge in [0, 0.05) is 28.7 Å². The number of rotatable bonds is 10. The van der Waals surface area contributed by atoms with E-state index in [1.54, 1.807) is 36.6 Å². The lowest BCUT2D eigenvalue weighted by Gasteiger charge is -2.25. The van der Waals surface area contributed by atoms with Crippen LogP contribution < -0.4 is 24.4 Å². The summed E-state index contributed by atoms with van der Waals surface area (Å²) < 4.78 is 25.9. The molecule has 10 nitrogen and oxygen atoms in total. The second-order valence-corrected chi connectivity index (χ2v) is 11.1. The first-order chi connectivity index (χ1) is 21.2. The molecule has 0 bridgehead atoms. The molecule has 0 N–H and O–H groups in total. The first-order valence-electron chi connectivity index (χ1n) is 14.5. The minimum atomic E-state index is -0.834. The van der Waals surface area contributed by atoms with Gasteiger partial charge in [-0.15, -0.1) is 0 Å². The number of carbonyl (C=O) groups is 2. The number of aryl methyl sites for hydroxylation is 1. The van der Waals surface area contributed by atoms with Crippen molar-refractivity contribution in [2.45, 2.75) is 47.2 Å². The Morgan fingerprint density at radius 2 is 1.80 bits per heavy atom. The van der Waals surface area contributed by atoms with Gasteiger partial charge in [0.25, 0.3) is 5.56 Å². The average Bonchev–Trinajstić information content (AvgIpc) is 3.47. The predicted octanol–water partition coefficient (Wildman–Crippen LogP) is 4.03. The van der Waals surface area contributed by atoms with Crippen molar-refractivity contribution in [2.75, 3.05) is 26.9 Å². The van der Waals surface area contributed by atoms with Crippen LogP contribution in [-0.4, -0.2) is 48.0 Å². The number of hydrogen-bond acceptors (Lipinski definition) is 9. The first-order valence-corrected chi connectivity index (χ1v) is 15.3. The molecular formula is C33H35N3O7S. The van der Waals surface area contributed by atoms with Gasteiger partial charge in [0.1, 0.15) is 0 Å². The van der Waals surface area contributed by atoms with Gasteiger partial charge in [0.15, 0.2) is 22.9 Å². The summed E-state index contributed by atoms with van der Waals surface area (Å²) in [4.78, 5) is 44.5. The predicted molar refractivity (Wildman–Crippen MR) is 168 cm³/mol. The van der Waals surface area contributed by atoms with E-state index in [0.717, 1.165) is 28.7 Å². The molecule has 2 aromatic carbocycles. The minimum absolute atomic E-state index is 0.165. The summed E-state index contributed by atoms with van der Waals surface area (Å²) in [5.74, 6) is -0.408. The Labute approximate surface area is 258 Å². The van der Waals surface area contributed by atoms with Crippen molar-refractivity contribution in [2.24, 2.45) is 4.99 Å². The van der Waals surface area contributed by atoms with Crippen molar-refractivity contribution in [3.8, 4) is 11.5 Å². The number of nitrogens with zero attached hydrogens (tertiary/aromatic N) is 3. The lowest BCUT2D eigenvalue weighted by molar-refractivity contribution is -0.143. The van der Waals surface area contributed by atoms with Crippen molar-refractivity contribution < 1.29 is 28.5 Å². The number of thiazole rings is 1. The summed E-state index contributed by atoms with van der Waals surface area (Å²) in [6.07, 6.45) is 1.92. The Morgan fingerprint density at radius 1 is 1.02 bits per heavy atom. The summed E-state index contributed by atoms with van der Waals surface area (Å²) in [7, 11) is 1.28. The highest BCUT2D eigenvalue weighted by Crippen LogP contribution is 2.36. The standard InChI is InChI=1S/C33H35N3O7S/c1-7-35-20(5)23(22-12-10-11-13-24(22)35)17-27-31(38)36-30(29(32(39)42-9-3)19(4)34-33(36)44-27)21-14-15-25(26(16-21)41-8-2)43-18-28(37)40-6/h10-17,30H,7-9,18H2,1-6H3/b27-17+/t30-/m0/s1. The largest absolute Gasteiger partial charge is 0.490 e. The Kier molecular flexibility index (Phi) is 9.05. The monoisotopic (exact) mass is 617 g/mol. The lowest BCUT2D eigenvalue weighted by atomic mass is 9.95. The molecule has 0 amide bonds. The second kappa shape index (κ2) is 12.9. The van der Waals surface area contributed by atoms with E-state index in [0.29, 0.717) is 38.7 Å². The minimum Gasteiger partial charge on any atom is -0.490 e. The highest BCUT2D eigenvalue weighted by atomic mass is 32.1. The van der Waals surface area contributed by atoms with Crippen molar-refractivity contribution in [1.82, 2.24) is 9.13 Å². The maximum atomic E-state index is 14.2. The van der Waals surface area contributed by atoms with Crippen LogP contribution in [0.1, 0.15) is 50.6 Å². The van der Waals surface area contributed by atoms with Gasteiger partial charge < -0.3 is 23.5 Å². The Bertz CT molecular complexity index is 1960. The molecule has 0 radical (unpaired) electrons. The van der Waals surface area contributed by atoms with Gasteiger partial charge in [-0.3, -0.25) is 9.36 Å². The normalized spacial score (nSPS) is 14.8. The molecule has 1 atom stereocenters. The number of esters is 2. The molecule has 11 heteroatoms. The van der Waals surface area contributed by atoms with Gasteiger partial charge in [0.05, 0.1) is 42.2 Å². The first kappa shape index (κ1) is 30.8. The molecule has 0 aliphatic carbocycles. The molecule has 1 aliphatic rings. The number of ether oxygens (including phenoxy) is 4. The Balaban J connectivity index is 1.71. The highest BCUT2D eigenvalue weighted by Gasteiger charge is 2.34. The molecule has 0 spiro atoms. The smallest absolute Gasteiger partial charge is 0.343 e. The summed E-state index contributed by atoms with van der Waals surface area (Å²) >= 11 is 1.28. The molecule has 0 saturated heterocycles. The average molecular weight is 618 g/mol. The third-order valence-corrected chi connectivity index (χ3v) is 8.53. The van der Waals surface area contributed by atoms with E-state index in [9.17, 15) is 14.4 Å². The maximum Gasteiger partial charge on any atom is 0.343 e. The van der Waals surface area contributed by atoms with Crippen LogP contribution in [0.15, 0.2) is 63.5 Å². The molecule has 0 fully saturated rings. The fourth-order valence-electron chi connectivity index (χ4n) is 5.56. The molecule has 0 unspecified atom stereocenters. The van der Waals surface area contributed by atoms with Gasteiger partial charge in [0.2, 0.25) is 0 Å². The molecule has 44 heavy (non-hydrogen) atoms. The quantitative estimate of drug-likeness (QED) is 0.247. The van der Waals surface area contributed by atoms with E-state index in [1.165, 1.54) is 18.4 Å². The molecule has 230 valence electrons. The molecule has 4 aromatic rings. The van der Waals surface area contributed by atoms with Crippen LogP contribution in [0.3, 0.4) is 0 Å². The van der Waals surface area contributed by atoms with Crippen LogP contribution in [-0.2, 0) is 25.6 Å². The number of carbonyl (C=O) groups excluding carboxylic acids is 2. The zero-order valence-electron chi connectivity index (χ0n) is 25.6. The number of fused-ring (bicyclic) bond motifs is 2. The van der Waals surface area contributed by atoms with E-state index in [-0.39, 0.29) is 24.3 Å². The van der Waals surface area contributed by atoms with Crippen molar-refractivity contribution in [3.05, 3.63) is 90.2 Å². The molecule has 2 aromatic heterocycles. The fourth-order valence-corrected chi connectivity index (χ4v) is 6.59. The maximum absolute atomic E-state index is 14.2. The van der Waals surface area contributed by atoms with Crippen LogP contribution >= 0.6 is 11.3 Å². The highest BCUT2D eigenvalue weighted by molar-refractivity contribution is 7.07. The van der Waals surface area contributed by atoms with Gasteiger partial charge in [-0.25, -0.2) is 14.6 Å². The zero-order chi connectivity index (χ0) is 31.5. The second-order valence-electron chi connectivity index (χ2n) is 10.1. The Hall–Kier alpha value is -4.64. The van der Waals surface area contributed by atoms with E-state index >= 15 is 0 Å². The molecule has 0 saturated carbocycles. The van der Waals surface area contributed by atoms with Gasteiger partial charge in [-0.1, -0.05) is 35.6 Å². The Morgan fingerprint density at radius 3 is 2.50 bits per heavy atom. The van der Waals surface area contributed by atoms with E-state index in [4.69, 9.17) is 19.2 Å². The van der Waals surface area contributed by atoms with E-state index < -0.39 is 18.0 Å². The summed E-state index contributed by atoms with van der Waals surface area (Å²) in [5.41, 5.74) is 4.18. The summed E-state index contributed by atoms with van der Waals surface area (Å²) in [6.45, 7) is 10.4. The molecule has 1 aliphatic heterocycles. The van der Waals surface area contributed by atoms with Gasteiger partial charge in [-0.2, -0.15) is 0 Å². The van der Waals surface area contributed by atoms with E-state index in [1.807, 2.05) is 25.1 Å². The topological polar surface area (TPSA) is 110 Å². The van der Waals surface area contributed by atoms with Crippen LogP contribution in [0.2, 0.25) is 0 Å². The van der Waals surface area contributed by atoms with Crippen LogP contribution in [0.25, 0.3) is 17.0 Å². The molecule has 5 rings (SSSR count). The number of methoxy groups -OCH3 is 1. The van der Waals surface area contributed by atoms with Crippen molar-refractivity contribution >= 4 is 40.3 Å². The lowest BCUT2D eigenvalue weighted by Crippen LogP contribution is -2.40. The van der Waals surface area contributed by atoms with Crippen molar-refractivity contribution in [3.63, 3.8) is 0 Å². The number of para-hydroxylation sites is 1. The van der Waals surface area contributed by atoms with Crippen LogP contribution in [0, 0.1) is 6.92 Å². The number of hydrogen-bond donors (Lipinski definition) is 0. The van der Waals surface area contributed by atoms with Gasteiger partial charge in [-0.05, 0) is 64.5 Å².